The fraction of sp³-hybridized carbons (Fsp3) is 0.455. The molecule has 0 atom stereocenters. The maximum Gasteiger partial charge on any atom is 0.126 e. The Morgan fingerprint density at radius 3 is 2.42 bits per heavy atom. The number of halogens is 1. The fourth-order valence-corrected chi connectivity index (χ4v) is 1.38. The van der Waals surface area contributed by atoms with Crippen molar-refractivity contribution in [2.24, 2.45) is 0 Å². The molecule has 0 aromatic heterocycles. The normalized spacial score (nSPS) is 10.3. The molecule has 0 saturated carbocycles. The average Bonchev–Trinajstić information content (AvgIpc) is 2.01. The first kappa shape index (κ1) is 9.24. The Morgan fingerprint density at radius 2 is 1.83 bits per heavy atom. The van der Waals surface area contributed by atoms with Crippen molar-refractivity contribution in [3.05, 3.63) is 34.6 Å². The zero-order valence-corrected chi connectivity index (χ0v) is 7.95. The van der Waals surface area contributed by atoms with Crippen LogP contribution in [0.15, 0.2) is 12.1 Å². The summed E-state index contributed by atoms with van der Waals surface area (Å²) in [5.74, 6) is -0.0904. The van der Waals surface area contributed by atoms with E-state index in [2.05, 4.69) is 6.92 Å². The van der Waals surface area contributed by atoms with Gasteiger partial charge in [-0.1, -0.05) is 19.4 Å². The van der Waals surface area contributed by atoms with E-state index in [0.29, 0.717) is 0 Å². The Bertz CT molecular complexity index is 277. The summed E-state index contributed by atoms with van der Waals surface area (Å²) in [5, 5.41) is 0. The lowest BCUT2D eigenvalue weighted by Crippen LogP contribution is -1.92. The Balaban J connectivity index is 3.05. The van der Waals surface area contributed by atoms with E-state index < -0.39 is 0 Å². The average molecular weight is 166 g/mol. The van der Waals surface area contributed by atoms with Crippen LogP contribution in [0.5, 0.6) is 0 Å². The Morgan fingerprint density at radius 1 is 1.17 bits per heavy atom. The molecule has 0 heterocycles. The van der Waals surface area contributed by atoms with Crippen LogP contribution in [0.25, 0.3) is 0 Å². The number of aryl methyl sites for hydroxylation is 3. The van der Waals surface area contributed by atoms with Crippen molar-refractivity contribution in [2.75, 3.05) is 0 Å². The van der Waals surface area contributed by atoms with E-state index >= 15 is 0 Å². The van der Waals surface area contributed by atoms with Crippen molar-refractivity contribution in [3.8, 4) is 0 Å². The van der Waals surface area contributed by atoms with Gasteiger partial charge >= 0.3 is 0 Å². The zero-order chi connectivity index (χ0) is 9.14. The van der Waals surface area contributed by atoms with Crippen molar-refractivity contribution in [1.29, 1.82) is 0 Å². The molecule has 1 aromatic rings. The van der Waals surface area contributed by atoms with Gasteiger partial charge in [-0.15, -0.1) is 0 Å². The van der Waals surface area contributed by atoms with Crippen LogP contribution in [0.1, 0.15) is 30.0 Å². The molecule has 0 unspecified atom stereocenters. The Labute approximate surface area is 73.4 Å². The third kappa shape index (κ3) is 1.84. The first-order valence-corrected chi connectivity index (χ1v) is 4.40. The summed E-state index contributed by atoms with van der Waals surface area (Å²) in [6.07, 6.45) is 2.17. The maximum atomic E-state index is 13.0. The predicted octanol–water partition coefficient (Wildman–Crippen LogP) is 3.40. The zero-order valence-electron chi connectivity index (χ0n) is 7.95. The standard InChI is InChI=1S/C11H15F/c1-4-5-10-6-9(3)11(12)7-8(10)2/h6-7H,4-5H2,1-3H3. The molecule has 66 valence electrons. The van der Waals surface area contributed by atoms with E-state index in [1.54, 1.807) is 6.07 Å². The second-order valence-electron chi connectivity index (χ2n) is 3.28. The Hall–Kier alpha value is -0.850. The smallest absolute Gasteiger partial charge is 0.126 e. The summed E-state index contributed by atoms with van der Waals surface area (Å²) < 4.78 is 13.0. The van der Waals surface area contributed by atoms with Crippen LogP contribution in [0, 0.1) is 19.7 Å². The van der Waals surface area contributed by atoms with Gasteiger partial charge in [-0.25, -0.2) is 4.39 Å². The van der Waals surface area contributed by atoms with Gasteiger partial charge in [0.1, 0.15) is 5.82 Å². The molecule has 0 saturated heterocycles. The summed E-state index contributed by atoms with van der Waals surface area (Å²) in [4.78, 5) is 0. The maximum absolute atomic E-state index is 13.0. The monoisotopic (exact) mass is 166 g/mol. The van der Waals surface area contributed by atoms with E-state index in [1.807, 2.05) is 19.9 Å². The van der Waals surface area contributed by atoms with Crippen molar-refractivity contribution < 1.29 is 4.39 Å². The van der Waals surface area contributed by atoms with E-state index in [-0.39, 0.29) is 5.82 Å². The van der Waals surface area contributed by atoms with Crippen LogP contribution < -0.4 is 0 Å². The van der Waals surface area contributed by atoms with Crippen molar-refractivity contribution in [1.82, 2.24) is 0 Å². The first-order chi connectivity index (χ1) is 5.65. The number of hydrogen-bond acceptors (Lipinski definition) is 0. The number of rotatable bonds is 2. The summed E-state index contributed by atoms with van der Waals surface area (Å²) in [7, 11) is 0. The van der Waals surface area contributed by atoms with E-state index in [1.165, 1.54) is 5.56 Å². The molecule has 0 amide bonds. The molecule has 0 aliphatic rings. The number of hydrogen-bond donors (Lipinski definition) is 0. The van der Waals surface area contributed by atoms with Crippen LogP contribution in [0.3, 0.4) is 0 Å². The molecule has 12 heavy (non-hydrogen) atoms. The van der Waals surface area contributed by atoms with Crippen LogP contribution in [-0.2, 0) is 6.42 Å². The van der Waals surface area contributed by atoms with Crippen molar-refractivity contribution in [2.45, 2.75) is 33.6 Å². The fourth-order valence-electron chi connectivity index (χ4n) is 1.38. The predicted molar refractivity (Wildman–Crippen MR) is 49.9 cm³/mol. The molecule has 1 aromatic carbocycles. The van der Waals surface area contributed by atoms with Gasteiger partial charge in [0.2, 0.25) is 0 Å². The lowest BCUT2D eigenvalue weighted by Gasteiger charge is -2.06. The molecule has 1 rings (SSSR count). The lowest BCUT2D eigenvalue weighted by atomic mass is 10.0. The van der Waals surface area contributed by atoms with Gasteiger partial charge < -0.3 is 0 Å². The Kier molecular flexibility index (Phi) is 2.85. The first-order valence-electron chi connectivity index (χ1n) is 4.40. The second kappa shape index (κ2) is 3.70. The topological polar surface area (TPSA) is 0 Å². The van der Waals surface area contributed by atoms with Crippen molar-refractivity contribution >= 4 is 0 Å². The highest BCUT2D eigenvalue weighted by molar-refractivity contribution is 5.31. The third-order valence-corrected chi connectivity index (χ3v) is 2.14. The van der Waals surface area contributed by atoms with Crippen LogP contribution in [0.4, 0.5) is 4.39 Å². The van der Waals surface area contributed by atoms with Gasteiger partial charge in [-0.2, -0.15) is 0 Å². The summed E-state index contributed by atoms with van der Waals surface area (Å²) in [6, 6.07) is 3.58. The third-order valence-electron chi connectivity index (χ3n) is 2.14. The molecule has 0 aliphatic carbocycles. The molecule has 0 bridgehead atoms. The molecular formula is C11H15F. The van der Waals surface area contributed by atoms with E-state index in [4.69, 9.17) is 0 Å². The lowest BCUT2D eigenvalue weighted by molar-refractivity contribution is 0.616. The van der Waals surface area contributed by atoms with Gasteiger partial charge in [0.25, 0.3) is 0 Å². The molecule has 1 heteroatoms. The minimum Gasteiger partial charge on any atom is -0.207 e. The van der Waals surface area contributed by atoms with Crippen LogP contribution in [-0.4, -0.2) is 0 Å². The molecule has 0 N–H and O–H groups in total. The molecule has 0 spiro atoms. The molecule has 0 nitrogen and oxygen atoms in total. The van der Waals surface area contributed by atoms with Gasteiger partial charge in [-0.05, 0) is 43.0 Å². The highest BCUT2D eigenvalue weighted by Gasteiger charge is 2.02. The molecule has 0 radical (unpaired) electrons. The van der Waals surface area contributed by atoms with E-state index in [0.717, 1.165) is 24.0 Å². The molecule has 0 aliphatic heterocycles. The van der Waals surface area contributed by atoms with E-state index in [9.17, 15) is 4.39 Å². The van der Waals surface area contributed by atoms with Crippen molar-refractivity contribution in [3.63, 3.8) is 0 Å². The molecule has 0 fully saturated rings. The van der Waals surface area contributed by atoms with Crippen LogP contribution >= 0.6 is 0 Å². The highest BCUT2D eigenvalue weighted by Crippen LogP contribution is 2.15. The minimum atomic E-state index is -0.0904. The largest absolute Gasteiger partial charge is 0.207 e. The molecular weight excluding hydrogens is 151 g/mol. The van der Waals surface area contributed by atoms with Crippen LogP contribution in [0.2, 0.25) is 0 Å². The van der Waals surface area contributed by atoms with Gasteiger partial charge in [0.05, 0.1) is 0 Å². The summed E-state index contributed by atoms with van der Waals surface area (Å²) >= 11 is 0. The van der Waals surface area contributed by atoms with Gasteiger partial charge in [-0.3, -0.25) is 0 Å². The van der Waals surface area contributed by atoms with Gasteiger partial charge in [0, 0.05) is 0 Å². The quantitative estimate of drug-likeness (QED) is 0.631. The summed E-state index contributed by atoms with van der Waals surface area (Å²) in [6.45, 7) is 5.92. The van der Waals surface area contributed by atoms with Gasteiger partial charge in [0.15, 0.2) is 0 Å². The SMILES string of the molecule is CCCc1cc(C)c(F)cc1C. The second-order valence-corrected chi connectivity index (χ2v) is 3.28. The number of benzene rings is 1. The summed E-state index contributed by atoms with van der Waals surface area (Å²) in [5.41, 5.74) is 3.10. The highest BCUT2D eigenvalue weighted by atomic mass is 19.1. The minimum absolute atomic E-state index is 0.0904.